The molecule has 0 fully saturated rings. The van der Waals surface area contributed by atoms with Crippen molar-refractivity contribution in [1.82, 2.24) is 19.7 Å². The van der Waals surface area contributed by atoms with E-state index in [0.717, 1.165) is 41.2 Å². The van der Waals surface area contributed by atoms with Crippen molar-refractivity contribution >= 4 is 45.0 Å². The molecule has 1 aromatic carbocycles. The smallest absolute Gasteiger partial charge is 0.280 e. The number of hydrogen-bond donors (Lipinski definition) is 0. The lowest BCUT2D eigenvalue weighted by atomic mass is 10.3. The maximum Gasteiger partial charge on any atom is 0.280 e. The molecule has 0 bridgehead atoms. The van der Waals surface area contributed by atoms with Crippen molar-refractivity contribution in [3.8, 4) is 5.75 Å². The molecule has 0 aliphatic heterocycles. The predicted octanol–water partition coefficient (Wildman–Crippen LogP) is 4.24. The highest BCUT2D eigenvalue weighted by Gasteiger charge is 2.24. The number of hydrogen-bond acceptors (Lipinski definition) is 6. The molecule has 30 heavy (non-hydrogen) atoms. The minimum Gasteiger partial charge on any atom is -0.492 e. The Kier molecular flexibility index (Phi) is 8.64. The fourth-order valence-corrected chi connectivity index (χ4v) is 4.21. The van der Waals surface area contributed by atoms with Gasteiger partial charge in [-0.25, -0.2) is 4.98 Å². The summed E-state index contributed by atoms with van der Waals surface area (Å²) in [5.41, 5.74) is 2.24. The minimum atomic E-state index is -0.115. The van der Waals surface area contributed by atoms with Gasteiger partial charge in [0.25, 0.3) is 5.91 Å². The lowest BCUT2D eigenvalue weighted by molar-refractivity contribution is 0.0980. The first kappa shape index (κ1) is 24.1. The first-order valence-electron chi connectivity index (χ1n) is 9.98. The molecule has 7 nitrogen and oxygen atoms in total. The summed E-state index contributed by atoms with van der Waals surface area (Å²) in [7, 11) is 4.06. The molecule has 0 saturated heterocycles. The molecule has 0 radical (unpaired) electrons. The Morgan fingerprint density at radius 1 is 1.23 bits per heavy atom. The number of nitrogens with zero attached hydrogens (tertiary/aromatic N) is 5. The average Bonchev–Trinajstić information content (AvgIpc) is 3.28. The van der Waals surface area contributed by atoms with E-state index in [9.17, 15) is 4.79 Å². The van der Waals surface area contributed by atoms with Gasteiger partial charge in [0.1, 0.15) is 11.3 Å². The monoisotopic (exact) mass is 451 g/mol. The van der Waals surface area contributed by atoms with E-state index in [1.807, 2.05) is 63.8 Å². The summed E-state index contributed by atoms with van der Waals surface area (Å²) in [6.45, 7) is 8.72. The maximum atomic E-state index is 13.4. The molecule has 0 atom stereocenters. The number of aromatic nitrogens is 3. The molecule has 3 rings (SSSR count). The van der Waals surface area contributed by atoms with E-state index in [2.05, 4.69) is 10.00 Å². The van der Waals surface area contributed by atoms with E-state index in [1.54, 1.807) is 4.90 Å². The van der Waals surface area contributed by atoms with Crippen molar-refractivity contribution in [2.24, 2.45) is 0 Å². The quantitative estimate of drug-likeness (QED) is 0.487. The number of amides is 1. The highest BCUT2D eigenvalue weighted by atomic mass is 35.5. The van der Waals surface area contributed by atoms with Crippen LogP contribution in [0.4, 0.5) is 5.13 Å². The van der Waals surface area contributed by atoms with Crippen molar-refractivity contribution in [2.45, 2.75) is 33.7 Å². The third-order valence-corrected chi connectivity index (χ3v) is 5.68. The lowest BCUT2D eigenvalue weighted by Crippen LogP contribution is -2.33. The van der Waals surface area contributed by atoms with Gasteiger partial charge in [0.05, 0.1) is 11.3 Å². The highest BCUT2D eigenvalue weighted by Crippen LogP contribution is 2.34. The van der Waals surface area contributed by atoms with Crippen LogP contribution in [0.2, 0.25) is 0 Å². The van der Waals surface area contributed by atoms with Crippen LogP contribution in [0.1, 0.15) is 36.5 Å². The summed E-state index contributed by atoms with van der Waals surface area (Å²) in [4.78, 5) is 22.0. The van der Waals surface area contributed by atoms with E-state index < -0.39 is 0 Å². The molecule has 0 unspecified atom stereocenters. The van der Waals surface area contributed by atoms with Crippen molar-refractivity contribution in [3.05, 3.63) is 35.7 Å². The Morgan fingerprint density at radius 2 is 2.00 bits per heavy atom. The zero-order valence-electron chi connectivity index (χ0n) is 18.2. The second-order valence-electron chi connectivity index (χ2n) is 7.13. The van der Waals surface area contributed by atoms with Gasteiger partial charge in [0.2, 0.25) is 0 Å². The van der Waals surface area contributed by atoms with Crippen molar-refractivity contribution in [3.63, 3.8) is 0 Å². The van der Waals surface area contributed by atoms with Gasteiger partial charge in [-0.3, -0.25) is 14.4 Å². The predicted molar refractivity (Wildman–Crippen MR) is 126 cm³/mol. The van der Waals surface area contributed by atoms with E-state index in [1.165, 1.54) is 11.3 Å². The van der Waals surface area contributed by atoms with E-state index in [4.69, 9.17) is 9.72 Å². The zero-order chi connectivity index (χ0) is 21.0. The largest absolute Gasteiger partial charge is 0.492 e. The van der Waals surface area contributed by atoms with Gasteiger partial charge in [-0.1, -0.05) is 17.4 Å². The summed E-state index contributed by atoms with van der Waals surface area (Å²) >= 11 is 1.51. The van der Waals surface area contributed by atoms with Crippen LogP contribution < -0.4 is 9.64 Å². The normalized spacial score (nSPS) is 11.0. The van der Waals surface area contributed by atoms with Gasteiger partial charge in [-0.2, -0.15) is 5.10 Å². The Morgan fingerprint density at radius 3 is 2.63 bits per heavy atom. The average molecular weight is 452 g/mol. The summed E-state index contributed by atoms with van der Waals surface area (Å²) < 4.78 is 8.57. The van der Waals surface area contributed by atoms with Gasteiger partial charge < -0.3 is 9.64 Å². The standard InChI is InChI=1S/C21H29N5O2S.ClH/c1-6-26-15(3)14-16(23-26)20(27)25(13-9-12-24(4)5)21-22-19-17(28-7-2)10-8-11-18(19)29-21;/h8,10-11,14H,6-7,9,12-13H2,1-5H3;1H. The number of rotatable bonds is 9. The summed E-state index contributed by atoms with van der Waals surface area (Å²) in [5, 5.41) is 5.17. The number of fused-ring (bicyclic) bond motifs is 1. The highest BCUT2D eigenvalue weighted by molar-refractivity contribution is 7.22. The van der Waals surface area contributed by atoms with Crippen molar-refractivity contribution < 1.29 is 9.53 Å². The van der Waals surface area contributed by atoms with Crippen LogP contribution in [0.5, 0.6) is 5.75 Å². The number of aryl methyl sites for hydroxylation is 2. The number of ether oxygens (including phenoxy) is 1. The number of halogens is 1. The number of thiazole rings is 1. The zero-order valence-corrected chi connectivity index (χ0v) is 19.8. The molecule has 3 aromatic rings. The first-order chi connectivity index (χ1) is 13.9. The summed E-state index contributed by atoms with van der Waals surface area (Å²) in [5.74, 6) is 0.635. The van der Waals surface area contributed by atoms with E-state index in [0.29, 0.717) is 24.0 Å². The molecule has 9 heteroatoms. The van der Waals surface area contributed by atoms with Crippen LogP contribution in [0.15, 0.2) is 24.3 Å². The molecular weight excluding hydrogens is 422 g/mol. The third-order valence-electron chi connectivity index (χ3n) is 4.63. The minimum absolute atomic E-state index is 0. The van der Waals surface area contributed by atoms with E-state index >= 15 is 0 Å². The summed E-state index contributed by atoms with van der Waals surface area (Å²) in [6.07, 6.45) is 0.848. The van der Waals surface area contributed by atoms with Gasteiger partial charge in [0.15, 0.2) is 10.8 Å². The second kappa shape index (κ2) is 10.7. The van der Waals surface area contributed by atoms with Gasteiger partial charge in [0, 0.05) is 18.8 Å². The molecule has 1 amide bonds. The molecule has 0 saturated carbocycles. The Balaban J connectivity index is 0.00000320. The number of anilines is 1. The van der Waals surface area contributed by atoms with Crippen LogP contribution in [0.25, 0.3) is 10.2 Å². The van der Waals surface area contributed by atoms with Crippen LogP contribution in [-0.4, -0.2) is 59.4 Å². The number of para-hydroxylation sites is 1. The number of carbonyl (C=O) groups excluding carboxylic acids is 1. The fourth-order valence-electron chi connectivity index (χ4n) is 3.20. The third kappa shape index (κ3) is 5.30. The Labute approximate surface area is 188 Å². The van der Waals surface area contributed by atoms with Crippen LogP contribution in [-0.2, 0) is 6.54 Å². The molecule has 2 heterocycles. The van der Waals surface area contributed by atoms with Crippen LogP contribution >= 0.6 is 23.7 Å². The maximum absolute atomic E-state index is 13.4. The molecule has 2 aromatic heterocycles. The SMILES string of the molecule is CCOc1cccc2sc(N(CCCN(C)C)C(=O)c3cc(C)n(CC)n3)nc12.Cl. The van der Waals surface area contributed by atoms with Gasteiger partial charge in [-0.05, 0) is 66.0 Å². The number of benzene rings is 1. The van der Waals surface area contributed by atoms with E-state index in [-0.39, 0.29) is 18.3 Å². The lowest BCUT2D eigenvalue weighted by Gasteiger charge is -2.20. The molecule has 0 aliphatic rings. The van der Waals surface area contributed by atoms with Crippen LogP contribution in [0.3, 0.4) is 0 Å². The molecule has 0 N–H and O–H groups in total. The fraction of sp³-hybridized carbons (Fsp3) is 0.476. The molecule has 0 aliphatic carbocycles. The second-order valence-corrected chi connectivity index (χ2v) is 8.14. The van der Waals surface area contributed by atoms with Crippen molar-refractivity contribution in [1.29, 1.82) is 0 Å². The molecular formula is C21H30ClN5O2S. The van der Waals surface area contributed by atoms with Crippen molar-refractivity contribution in [2.75, 3.05) is 38.7 Å². The molecule has 164 valence electrons. The first-order valence-corrected chi connectivity index (χ1v) is 10.8. The van der Waals surface area contributed by atoms with Gasteiger partial charge in [-0.15, -0.1) is 12.4 Å². The number of carbonyl (C=O) groups is 1. The van der Waals surface area contributed by atoms with Gasteiger partial charge >= 0.3 is 0 Å². The molecule has 0 spiro atoms. The topological polar surface area (TPSA) is 63.5 Å². The Hall–Kier alpha value is -2.16. The Bertz CT molecular complexity index is 985. The van der Waals surface area contributed by atoms with Crippen LogP contribution in [0, 0.1) is 6.92 Å². The summed E-state index contributed by atoms with van der Waals surface area (Å²) in [6, 6.07) is 7.74.